The average Bonchev–Trinajstić information content (AvgIpc) is 3.45. The number of rotatable bonds is 7. The fourth-order valence-electron chi connectivity index (χ4n) is 4.51. The molecule has 2 amide bonds. The second kappa shape index (κ2) is 8.84. The van der Waals surface area contributed by atoms with Gasteiger partial charge in [-0.1, -0.05) is 0 Å². The topological polar surface area (TPSA) is 154 Å². The molecule has 0 aliphatic heterocycles. The predicted molar refractivity (Wildman–Crippen MR) is 128 cm³/mol. The monoisotopic (exact) mass is 513 g/mol. The van der Waals surface area contributed by atoms with Gasteiger partial charge in [-0.15, -0.1) is 0 Å². The Morgan fingerprint density at radius 2 is 2.05 bits per heavy atom. The summed E-state index contributed by atoms with van der Waals surface area (Å²) in [4.78, 5) is 32.4. The highest BCUT2D eigenvalue weighted by Crippen LogP contribution is 2.47. The van der Waals surface area contributed by atoms with Gasteiger partial charge in [0.2, 0.25) is 0 Å². The van der Waals surface area contributed by atoms with Crippen molar-refractivity contribution in [1.29, 1.82) is 0 Å². The van der Waals surface area contributed by atoms with Crippen LogP contribution in [0.25, 0.3) is 22.2 Å². The Labute approximate surface area is 207 Å². The number of anilines is 1. The number of amides is 2. The molecule has 1 saturated carbocycles. The van der Waals surface area contributed by atoms with E-state index >= 15 is 0 Å². The number of pyridine rings is 1. The molecule has 1 fully saturated rings. The van der Waals surface area contributed by atoms with Crippen molar-refractivity contribution in [3.63, 3.8) is 0 Å². The lowest BCUT2D eigenvalue weighted by atomic mass is 9.88. The number of nitrogens with zero attached hydrogens (tertiary/aromatic N) is 3. The molecule has 0 spiro atoms. The standard InChI is InChI=1S/C24H22F3N7O3/c1-37-17-3-2-11(25)6-14(17)23(36)32-10-16-19-13(4-5-30-19)15(9-31-16)20-18(22(29)35)21(28)34(33-20)12-7-24(26,27)8-12/h2-6,9,12,30H,7-8,10,28H2,1H3,(H2,29,35)(H,32,36). The quantitative estimate of drug-likeness (QED) is 0.298. The molecule has 0 atom stereocenters. The van der Waals surface area contributed by atoms with Crippen LogP contribution < -0.4 is 21.5 Å². The Bertz CT molecular complexity index is 1540. The molecule has 192 valence electrons. The van der Waals surface area contributed by atoms with Crippen LogP contribution >= 0.6 is 0 Å². The number of nitrogen functional groups attached to an aromatic ring is 1. The van der Waals surface area contributed by atoms with E-state index in [1.807, 2.05) is 0 Å². The third-order valence-electron chi connectivity index (χ3n) is 6.36. The number of hydrogen-bond donors (Lipinski definition) is 4. The number of nitrogens with two attached hydrogens (primary N) is 2. The molecule has 1 aliphatic carbocycles. The molecule has 1 aromatic carbocycles. The molecule has 5 rings (SSSR count). The van der Waals surface area contributed by atoms with Gasteiger partial charge in [-0.2, -0.15) is 5.10 Å². The number of nitrogens with one attached hydrogen (secondary N) is 2. The molecule has 1 aliphatic rings. The third kappa shape index (κ3) is 4.21. The maximum absolute atomic E-state index is 13.7. The molecular weight excluding hydrogens is 491 g/mol. The SMILES string of the molecule is COc1ccc(F)cc1C(=O)NCc1ncc(-c2nn(C3CC(F)(F)C3)c(N)c2C(N)=O)c2cc[nH]c12. The third-order valence-corrected chi connectivity index (χ3v) is 6.36. The lowest BCUT2D eigenvalue weighted by Gasteiger charge is -2.35. The van der Waals surface area contributed by atoms with E-state index in [4.69, 9.17) is 16.2 Å². The van der Waals surface area contributed by atoms with Crippen LogP contribution in [0, 0.1) is 5.82 Å². The summed E-state index contributed by atoms with van der Waals surface area (Å²) in [5, 5.41) is 7.65. The van der Waals surface area contributed by atoms with Gasteiger partial charge >= 0.3 is 0 Å². The summed E-state index contributed by atoms with van der Waals surface area (Å²) in [7, 11) is 1.37. The Balaban J connectivity index is 1.47. The molecule has 3 aromatic heterocycles. The van der Waals surface area contributed by atoms with Gasteiger partial charge in [0.15, 0.2) is 0 Å². The second-order valence-electron chi connectivity index (χ2n) is 8.75. The molecule has 10 nitrogen and oxygen atoms in total. The number of benzene rings is 1. The number of aromatic amines is 1. The van der Waals surface area contributed by atoms with E-state index in [2.05, 4.69) is 20.4 Å². The number of halogens is 3. The summed E-state index contributed by atoms with van der Waals surface area (Å²) in [5.74, 6) is -4.70. The number of carbonyl (C=O) groups is 2. The number of fused-ring (bicyclic) bond motifs is 1. The Kier molecular flexibility index (Phi) is 5.77. The van der Waals surface area contributed by atoms with Crippen LogP contribution in [0.4, 0.5) is 19.0 Å². The molecule has 37 heavy (non-hydrogen) atoms. The van der Waals surface area contributed by atoms with E-state index in [-0.39, 0.29) is 34.9 Å². The van der Waals surface area contributed by atoms with E-state index in [0.29, 0.717) is 22.2 Å². The van der Waals surface area contributed by atoms with Crippen molar-refractivity contribution in [2.24, 2.45) is 5.73 Å². The average molecular weight is 513 g/mol. The molecule has 0 bridgehead atoms. The molecule has 4 aromatic rings. The summed E-state index contributed by atoms with van der Waals surface area (Å²) < 4.78 is 46.9. The van der Waals surface area contributed by atoms with Gasteiger partial charge in [-0.25, -0.2) is 17.9 Å². The fourth-order valence-corrected chi connectivity index (χ4v) is 4.51. The van der Waals surface area contributed by atoms with Crippen LogP contribution in [0.1, 0.15) is 45.3 Å². The van der Waals surface area contributed by atoms with Gasteiger partial charge in [-0.3, -0.25) is 14.6 Å². The Morgan fingerprint density at radius 1 is 1.30 bits per heavy atom. The minimum atomic E-state index is -2.81. The van der Waals surface area contributed by atoms with Crippen LogP contribution in [-0.2, 0) is 6.54 Å². The van der Waals surface area contributed by atoms with Crippen LogP contribution in [0.15, 0.2) is 36.7 Å². The van der Waals surface area contributed by atoms with E-state index in [9.17, 15) is 22.8 Å². The van der Waals surface area contributed by atoms with E-state index in [0.717, 1.165) is 6.07 Å². The lowest BCUT2D eigenvalue weighted by Crippen LogP contribution is -2.38. The molecule has 0 saturated heterocycles. The predicted octanol–water partition coefficient (Wildman–Crippen LogP) is 3.16. The zero-order chi connectivity index (χ0) is 26.5. The molecule has 0 radical (unpaired) electrons. The van der Waals surface area contributed by atoms with Gasteiger partial charge in [0.05, 0.1) is 36.5 Å². The minimum Gasteiger partial charge on any atom is -0.496 e. The van der Waals surface area contributed by atoms with E-state index in [1.165, 1.54) is 30.1 Å². The van der Waals surface area contributed by atoms with Gasteiger partial charge in [0.1, 0.15) is 28.6 Å². The van der Waals surface area contributed by atoms with Crippen molar-refractivity contribution >= 4 is 28.5 Å². The number of primary amides is 1. The molecular formula is C24H22F3N7O3. The van der Waals surface area contributed by atoms with Crippen molar-refractivity contribution in [3.05, 3.63) is 59.3 Å². The van der Waals surface area contributed by atoms with Crippen LogP contribution in [0.5, 0.6) is 5.75 Å². The fraction of sp³-hybridized carbons (Fsp3) is 0.250. The van der Waals surface area contributed by atoms with Crippen molar-refractivity contribution in [2.75, 3.05) is 12.8 Å². The van der Waals surface area contributed by atoms with Gasteiger partial charge < -0.3 is 26.5 Å². The molecule has 3 heterocycles. The zero-order valence-corrected chi connectivity index (χ0v) is 19.5. The van der Waals surface area contributed by atoms with Gasteiger partial charge in [-0.05, 0) is 24.3 Å². The van der Waals surface area contributed by atoms with Crippen LogP contribution in [0.2, 0.25) is 0 Å². The summed E-state index contributed by atoms with van der Waals surface area (Å²) in [6, 6.07) is 4.66. The lowest BCUT2D eigenvalue weighted by molar-refractivity contribution is -0.106. The summed E-state index contributed by atoms with van der Waals surface area (Å²) in [6.07, 6.45) is 2.19. The first-order valence-electron chi connectivity index (χ1n) is 11.2. The summed E-state index contributed by atoms with van der Waals surface area (Å²) >= 11 is 0. The Hall–Kier alpha value is -4.55. The maximum atomic E-state index is 13.7. The number of ether oxygens (including phenoxy) is 1. The van der Waals surface area contributed by atoms with Gasteiger partial charge in [0, 0.05) is 36.2 Å². The number of H-pyrrole nitrogens is 1. The van der Waals surface area contributed by atoms with Crippen molar-refractivity contribution < 1.29 is 27.5 Å². The Morgan fingerprint density at radius 3 is 2.73 bits per heavy atom. The van der Waals surface area contributed by atoms with Crippen molar-refractivity contribution in [3.8, 4) is 17.0 Å². The second-order valence-corrected chi connectivity index (χ2v) is 8.75. The highest BCUT2D eigenvalue weighted by atomic mass is 19.3. The smallest absolute Gasteiger partial charge is 0.255 e. The van der Waals surface area contributed by atoms with Crippen molar-refractivity contribution in [1.82, 2.24) is 25.1 Å². The number of carbonyl (C=O) groups excluding carboxylic acids is 2. The molecule has 13 heteroatoms. The first kappa shape index (κ1) is 24.2. The van der Waals surface area contributed by atoms with E-state index in [1.54, 1.807) is 12.3 Å². The normalized spacial score (nSPS) is 14.9. The number of aromatic nitrogens is 4. The number of hydrogen-bond acceptors (Lipinski definition) is 6. The minimum absolute atomic E-state index is 0.0216. The number of methoxy groups -OCH3 is 1. The summed E-state index contributed by atoms with van der Waals surface area (Å²) in [5.41, 5.74) is 13.1. The van der Waals surface area contributed by atoms with Crippen LogP contribution in [-0.4, -0.2) is 44.6 Å². The zero-order valence-electron chi connectivity index (χ0n) is 19.5. The van der Waals surface area contributed by atoms with Gasteiger partial charge in [0.25, 0.3) is 17.7 Å². The largest absolute Gasteiger partial charge is 0.496 e. The maximum Gasteiger partial charge on any atom is 0.255 e. The van der Waals surface area contributed by atoms with E-state index < -0.39 is 42.4 Å². The molecule has 0 unspecified atom stereocenters. The number of alkyl halides is 2. The van der Waals surface area contributed by atoms with Crippen LogP contribution in [0.3, 0.4) is 0 Å². The first-order chi connectivity index (χ1) is 17.6. The first-order valence-corrected chi connectivity index (χ1v) is 11.2. The highest BCUT2D eigenvalue weighted by molar-refractivity contribution is 6.07. The summed E-state index contributed by atoms with van der Waals surface area (Å²) in [6.45, 7) is -0.0216. The van der Waals surface area contributed by atoms with Crippen molar-refractivity contribution in [2.45, 2.75) is 31.4 Å². The highest BCUT2D eigenvalue weighted by Gasteiger charge is 2.48. The molecule has 6 N–H and O–H groups in total.